The first-order chi connectivity index (χ1) is 14.0. The van der Waals surface area contributed by atoms with Crippen molar-refractivity contribution in [1.29, 1.82) is 5.26 Å². The average molecular weight is 475 g/mol. The van der Waals surface area contributed by atoms with Crippen LogP contribution in [0.3, 0.4) is 0 Å². The Morgan fingerprint density at radius 3 is 2.93 bits per heavy atom. The maximum Gasteiger partial charge on any atom is 0.206 e. The van der Waals surface area contributed by atoms with E-state index in [-0.39, 0.29) is 33.9 Å². The number of aromatic amines is 1. The minimum Gasteiger partial charge on any atom is -0.483 e. The lowest BCUT2D eigenvalue weighted by Gasteiger charge is -2.14. The quantitative estimate of drug-likeness (QED) is 0.430. The molecule has 2 heterocycles. The number of aromatic nitrogens is 4. The van der Waals surface area contributed by atoms with Gasteiger partial charge in [-0.2, -0.15) is 15.5 Å². The predicted octanol–water partition coefficient (Wildman–Crippen LogP) is 5.15. The maximum absolute atomic E-state index is 14.8. The van der Waals surface area contributed by atoms with E-state index in [4.69, 9.17) is 26.3 Å². The number of nitriles is 1. The van der Waals surface area contributed by atoms with Gasteiger partial charge < -0.3 is 9.47 Å². The van der Waals surface area contributed by atoms with Gasteiger partial charge in [0, 0.05) is 10.4 Å². The molecule has 2 aromatic heterocycles. The van der Waals surface area contributed by atoms with Gasteiger partial charge in [0.05, 0.1) is 22.3 Å². The summed E-state index contributed by atoms with van der Waals surface area (Å²) in [7, 11) is 0. The zero-order valence-corrected chi connectivity index (χ0v) is 16.8. The molecule has 2 aromatic carbocycles. The van der Waals surface area contributed by atoms with Gasteiger partial charge in [0.15, 0.2) is 17.2 Å². The summed E-state index contributed by atoms with van der Waals surface area (Å²) in [5.74, 6) is -0.442. The Labute approximate surface area is 177 Å². The Bertz CT molecular complexity index is 1260. The van der Waals surface area contributed by atoms with Crippen LogP contribution in [0.1, 0.15) is 11.3 Å². The van der Waals surface area contributed by atoms with Gasteiger partial charge in [-0.1, -0.05) is 11.6 Å². The first-order valence-corrected chi connectivity index (χ1v) is 9.36. The monoisotopic (exact) mass is 473 g/mol. The van der Waals surface area contributed by atoms with Crippen molar-refractivity contribution in [2.75, 3.05) is 0 Å². The Kier molecular flexibility index (Phi) is 5.29. The molecule has 0 aliphatic rings. The third-order valence-corrected chi connectivity index (χ3v) is 4.76. The van der Waals surface area contributed by atoms with Crippen molar-refractivity contribution in [3.05, 3.63) is 69.2 Å². The Morgan fingerprint density at radius 2 is 2.10 bits per heavy atom. The van der Waals surface area contributed by atoms with Gasteiger partial charge in [-0.05, 0) is 52.3 Å². The minimum atomic E-state index is -0.654. The molecule has 0 bridgehead atoms. The Morgan fingerprint density at radius 1 is 1.24 bits per heavy atom. The summed E-state index contributed by atoms with van der Waals surface area (Å²) in [5.41, 5.74) is 1.39. The molecule has 4 rings (SSSR count). The van der Waals surface area contributed by atoms with E-state index in [2.05, 4.69) is 36.3 Å². The van der Waals surface area contributed by atoms with E-state index in [0.29, 0.717) is 16.4 Å². The van der Waals surface area contributed by atoms with Gasteiger partial charge >= 0.3 is 0 Å². The van der Waals surface area contributed by atoms with Gasteiger partial charge in [-0.15, -0.1) is 5.10 Å². The van der Waals surface area contributed by atoms with E-state index in [0.717, 1.165) is 5.39 Å². The van der Waals surface area contributed by atoms with E-state index >= 15 is 0 Å². The highest BCUT2D eigenvalue weighted by Crippen LogP contribution is 2.39. The zero-order chi connectivity index (χ0) is 20.4. The molecule has 0 spiro atoms. The summed E-state index contributed by atoms with van der Waals surface area (Å²) in [4.78, 5) is 0. The van der Waals surface area contributed by atoms with Crippen molar-refractivity contribution in [1.82, 2.24) is 20.4 Å². The zero-order valence-electron chi connectivity index (χ0n) is 14.5. The van der Waals surface area contributed by atoms with Gasteiger partial charge in [-0.3, -0.25) is 5.10 Å². The summed E-state index contributed by atoms with van der Waals surface area (Å²) in [6, 6.07) is 11.2. The van der Waals surface area contributed by atoms with Crippen molar-refractivity contribution in [2.45, 2.75) is 6.61 Å². The Balaban J connectivity index is 1.65. The highest BCUT2D eigenvalue weighted by atomic mass is 79.9. The molecule has 29 heavy (non-hydrogen) atoms. The molecule has 0 atom stereocenters. The lowest BCUT2D eigenvalue weighted by Crippen LogP contribution is -2.00. The van der Waals surface area contributed by atoms with Crippen molar-refractivity contribution in [2.24, 2.45) is 0 Å². The molecule has 4 aromatic rings. The largest absolute Gasteiger partial charge is 0.483 e. The van der Waals surface area contributed by atoms with Crippen LogP contribution < -0.4 is 9.47 Å². The van der Waals surface area contributed by atoms with Crippen LogP contribution in [0.25, 0.3) is 11.0 Å². The number of halogens is 3. The van der Waals surface area contributed by atoms with Crippen LogP contribution in [0.15, 0.2) is 47.1 Å². The first-order valence-electron chi connectivity index (χ1n) is 8.19. The molecule has 0 radical (unpaired) electrons. The standard InChI is InChI=1S/C19H10BrClFN5O2/c20-14-1-2-16(28-9-15-13-3-4-24-26-19(13)27-25-15)18(17(14)22)29-12-6-10(8-23)5-11(21)7-12/h1-7H,9H2,(H,25,26,27). The number of hydrogen-bond donors (Lipinski definition) is 1. The van der Waals surface area contributed by atoms with Crippen LogP contribution in [0, 0.1) is 17.1 Å². The number of hydrogen-bond acceptors (Lipinski definition) is 6. The smallest absolute Gasteiger partial charge is 0.206 e. The summed E-state index contributed by atoms with van der Waals surface area (Å²) in [6.45, 7) is 0.0438. The second-order valence-corrected chi connectivity index (χ2v) is 7.12. The number of rotatable bonds is 5. The van der Waals surface area contributed by atoms with E-state index in [1.807, 2.05) is 6.07 Å². The van der Waals surface area contributed by atoms with Crippen molar-refractivity contribution >= 4 is 38.6 Å². The second kappa shape index (κ2) is 8.03. The van der Waals surface area contributed by atoms with Gasteiger partial charge in [0.2, 0.25) is 5.75 Å². The van der Waals surface area contributed by atoms with E-state index in [1.54, 1.807) is 18.3 Å². The normalized spacial score (nSPS) is 10.7. The molecular weight excluding hydrogens is 465 g/mol. The minimum absolute atomic E-state index is 0.0438. The summed E-state index contributed by atoms with van der Waals surface area (Å²) >= 11 is 9.14. The van der Waals surface area contributed by atoms with Crippen LogP contribution in [0.4, 0.5) is 4.39 Å². The summed E-state index contributed by atoms with van der Waals surface area (Å²) in [6.07, 6.45) is 1.54. The molecule has 0 saturated heterocycles. The van der Waals surface area contributed by atoms with Crippen molar-refractivity contribution < 1.29 is 13.9 Å². The first kappa shape index (κ1) is 19.1. The molecule has 7 nitrogen and oxygen atoms in total. The molecule has 1 N–H and O–H groups in total. The van der Waals surface area contributed by atoms with E-state index in [9.17, 15) is 4.39 Å². The molecular formula is C19H10BrClFN5O2. The number of ether oxygens (including phenoxy) is 2. The number of nitrogens with zero attached hydrogens (tertiary/aromatic N) is 4. The van der Waals surface area contributed by atoms with Crippen LogP contribution in [0.5, 0.6) is 17.2 Å². The second-order valence-electron chi connectivity index (χ2n) is 5.83. The number of H-pyrrole nitrogens is 1. The van der Waals surface area contributed by atoms with Gasteiger partial charge in [0.25, 0.3) is 0 Å². The summed E-state index contributed by atoms with van der Waals surface area (Å²) < 4.78 is 26.4. The van der Waals surface area contributed by atoms with Gasteiger partial charge in [-0.25, -0.2) is 4.39 Å². The third kappa shape index (κ3) is 3.99. The molecule has 0 saturated carbocycles. The molecule has 0 aliphatic carbocycles. The van der Waals surface area contributed by atoms with E-state index < -0.39 is 5.82 Å². The fourth-order valence-electron chi connectivity index (χ4n) is 2.61. The molecule has 0 aliphatic heterocycles. The van der Waals surface area contributed by atoms with Crippen LogP contribution in [-0.2, 0) is 6.61 Å². The highest BCUT2D eigenvalue weighted by molar-refractivity contribution is 9.10. The van der Waals surface area contributed by atoms with Crippen molar-refractivity contribution in [3.63, 3.8) is 0 Å². The van der Waals surface area contributed by atoms with Crippen LogP contribution in [0.2, 0.25) is 5.02 Å². The Hall–Kier alpha value is -3.22. The average Bonchev–Trinajstić information content (AvgIpc) is 3.13. The fraction of sp³-hybridized carbons (Fsp3) is 0.0526. The summed E-state index contributed by atoms with van der Waals surface area (Å²) in [5, 5.41) is 24.7. The SMILES string of the molecule is N#Cc1cc(Cl)cc(Oc2c(OCc3n[nH]c4nnccc34)ccc(Br)c2F)c1. The molecule has 0 unspecified atom stereocenters. The highest BCUT2D eigenvalue weighted by Gasteiger charge is 2.18. The topological polar surface area (TPSA) is 96.7 Å². The van der Waals surface area contributed by atoms with Crippen LogP contribution >= 0.6 is 27.5 Å². The number of nitrogens with one attached hydrogen (secondary N) is 1. The lowest BCUT2D eigenvalue weighted by atomic mass is 10.2. The lowest BCUT2D eigenvalue weighted by molar-refractivity contribution is 0.283. The molecule has 0 fully saturated rings. The molecule has 10 heteroatoms. The maximum atomic E-state index is 14.8. The van der Waals surface area contributed by atoms with Crippen LogP contribution in [-0.4, -0.2) is 20.4 Å². The molecule has 0 amide bonds. The van der Waals surface area contributed by atoms with E-state index in [1.165, 1.54) is 24.3 Å². The third-order valence-electron chi connectivity index (χ3n) is 3.93. The van der Waals surface area contributed by atoms with Gasteiger partial charge in [0.1, 0.15) is 18.1 Å². The number of benzene rings is 2. The molecule has 144 valence electrons. The number of fused-ring (bicyclic) bond motifs is 1. The predicted molar refractivity (Wildman–Crippen MR) is 106 cm³/mol. The van der Waals surface area contributed by atoms with Crippen molar-refractivity contribution in [3.8, 4) is 23.3 Å². The fourth-order valence-corrected chi connectivity index (χ4v) is 3.15.